The number of amides is 1. The molecule has 0 spiro atoms. The lowest BCUT2D eigenvalue weighted by Gasteiger charge is -1.99. The molecule has 0 atom stereocenters. The fourth-order valence-corrected chi connectivity index (χ4v) is 3.77. The summed E-state index contributed by atoms with van der Waals surface area (Å²) in [6.07, 6.45) is 4.98. The quantitative estimate of drug-likeness (QED) is 0.523. The molecule has 0 saturated heterocycles. The first-order valence-corrected chi connectivity index (χ1v) is 8.92. The Morgan fingerprint density at radius 2 is 2.08 bits per heavy atom. The molecule has 0 aliphatic carbocycles. The minimum atomic E-state index is -0.313. The average Bonchev–Trinajstić information content (AvgIpc) is 3.25. The maximum absolute atomic E-state index is 12.3. The Kier molecular flexibility index (Phi) is 4.41. The van der Waals surface area contributed by atoms with Crippen molar-refractivity contribution in [1.82, 2.24) is 4.57 Å². The minimum Gasteiger partial charge on any atom is -0.454 e. The number of hydrogen-bond acceptors (Lipinski definition) is 4. The molecule has 0 fully saturated rings. The van der Waals surface area contributed by atoms with Crippen molar-refractivity contribution >= 4 is 33.5 Å². The van der Waals surface area contributed by atoms with E-state index in [0.29, 0.717) is 22.8 Å². The fourth-order valence-electron chi connectivity index (χ4n) is 2.73. The Hall–Kier alpha value is -3.12. The Labute approximate surface area is 154 Å². The first kappa shape index (κ1) is 16.4. The van der Waals surface area contributed by atoms with Crippen LogP contribution in [0.1, 0.15) is 5.56 Å². The highest BCUT2D eigenvalue weighted by atomic mass is 32.1. The number of para-hydroxylation sites is 1. The van der Waals surface area contributed by atoms with Gasteiger partial charge in [-0.25, -0.2) is 0 Å². The summed E-state index contributed by atoms with van der Waals surface area (Å²) in [6.45, 7) is 4.62. The lowest BCUT2D eigenvalue weighted by Crippen LogP contribution is -2.15. The van der Waals surface area contributed by atoms with Crippen LogP contribution < -0.4 is 14.3 Å². The van der Waals surface area contributed by atoms with E-state index in [1.807, 2.05) is 47.0 Å². The van der Waals surface area contributed by atoms with Crippen molar-refractivity contribution < 1.29 is 14.3 Å². The van der Waals surface area contributed by atoms with Crippen LogP contribution in [-0.2, 0) is 11.3 Å². The molecule has 2 heterocycles. The van der Waals surface area contributed by atoms with Gasteiger partial charge in [-0.1, -0.05) is 35.6 Å². The number of carbonyl (C=O) groups excluding carboxylic acids is 1. The zero-order valence-electron chi connectivity index (χ0n) is 13.9. The molecule has 4 rings (SSSR count). The van der Waals surface area contributed by atoms with Gasteiger partial charge in [-0.15, -0.1) is 6.58 Å². The summed E-state index contributed by atoms with van der Waals surface area (Å²) in [4.78, 5) is 17.2. The molecule has 3 aromatic rings. The Morgan fingerprint density at radius 3 is 2.96 bits per heavy atom. The maximum Gasteiger partial charge on any atom is 0.272 e. The SMILES string of the molecule is C=CCn1c(=NC(=O)C=Cc2ccc3c(c2)OCO3)sc2ccccc21. The Bertz CT molecular complexity index is 1090. The number of thiazole rings is 1. The molecule has 1 aliphatic heterocycles. The van der Waals surface area contributed by atoms with E-state index in [9.17, 15) is 4.79 Å². The monoisotopic (exact) mass is 364 g/mol. The molecule has 130 valence electrons. The van der Waals surface area contributed by atoms with Crippen LogP contribution in [0.15, 0.2) is 66.2 Å². The fraction of sp³-hybridized carbons (Fsp3) is 0.100. The van der Waals surface area contributed by atoms with E-state index in [-0.39, 0.29) is 12.7 Å². The molecule has 1 aliphatic rings. The van der Waals surface area contributed by atoms with Gasteiger partial charge in [-0.05, 0) is 35.9 Å². The van der Waals surface area contributed by atoms with E-state index in [1.165, 1.54) is 17.4 Å². The second kappa shape index (κ2) is 7.01. The molecule has 1 aromatic heterocycles. The highest BCUT2D eigenvalue weighted by Gasteiger charge is 2.12. The van der Waals surface area contributed by atoms with Gasteiger partial charge in [0.05, 0.1) is 10.2 Å². The van der Waals surface area contributed by atoms with Crippen LogP contribution in [0.25, 0.3) is 16.3 Å². The number of rotatable bonds is 4. The molecule has 0 saturated carbocycles. The standard InChI is InChI=1S/C20H16N2O3S/c1-2-11-22-15-5-3-4-6-18(15)26-20(22)21-19(23)10-8-14-7-9-16-17(12-14)25-13-24-16/h2-10,12H,1,11,13H2. The summed E-state index contributed by atoms with van der Waals surface area (Å²) in [6, 6.07) is 13.5. The summed E-state index contributed by atoms with van der Waals surface area (Å²) in [5, 5.41) is 0. The van der Waals surface area contributed by atoms with Gasteiger partial charge in [-0.3, -0.25) is 4.79 Å². The largest absolute Gasteiger partial charge is 0.454 e. The van der Waals surface area contributed by atoms with Crippen molar-refractivity contribution in [2.75, 3.05) is 6.79 Å². The smallest absolute Gasteiger partial charge is 0.272 e. The Morgan fingerprint density at radius 1 is 1.23 bits per heavy atom. The van der Waals surface area contributed by atoms with Gasteiger partial charge >= 0.3 is 0 Å². The number of hydrogen-bond donors (Lipinski definition) is 0. The predicted molar refractivity (Wildman–Crippen MR) is 102 cm³/mol. The maximum atomic E-state index is 12.3. The minimum absolute atomic E-state index is 0.228. The van der Waals surface area contributed by atoms with Gasteiger partial charge in [0, 0.05) is 12.6 Å². The number of ether oxygens (including phenoxy) is 2. The third-order valence-electron chi connectivity index (χ3n) is 3.92. The van der Waals surface area contributed by atoms with Crippen molar-refractivity contribution in [3.63, 3.8) is 0 Å². The van der Waals surface area contributed by atoms with Gasteiger partial charge in [0.15, 0.2) is 16.3 Å². The summed E-state index contributed by atoms with van der Waals surface area (Å²) in [5.41, 5.74) is 1.90. The lowest BCUT2D eigenvalue weighted by molar-refractivity contribution is -0.113. The highest BCUT2D eigenvalue weighted by molar-refractivity contribution is 7.16. The van der Waals surface area contributed by atoms with Crippen LogP contribution in [0.4, 0.5) is 0 Å². The molecular weight excluding hydrogens is 348 g/mol. The van der Waals surface area contributed by atoms with Crippen molar-refractivity contribution in [2.24, 2.45) is 4.99 Å². The summed E-state index contributed by atoms with van der Waals surface area (Å²) in [5.74, 6) is 1.09. The number of allylic oxidation sites excluding steroid dienone is 1. The number of nitrogens with zero attached hydrogens (tertiary/aromatic N) is 2. The summed E-state index contributed by atoms with van der Waals surface area (Å²) in [7, 11) is 0. The van der Waals surface area contributed by atoms with Crippen LogP contribution in [0.3, 0.4) is 0 Å². The molecule has 2 aromatic carbocycles. The van der Waals surface area contributed by atoms with Crippen LogP contribution >= 0.6 is 11.3 Å². The second-order valence-corrected chi connectivity index (χ2v) is 6.66. The van der Waals surface area contributed by atoms with Crippen LogP contribution in [0.2, 0.25) is 0 Å². The zero-order valence-corrected chi connectivity index (χ0v) is 14.7. The van der Waals surface area contributed by atoms with E-state index < -0.39 is 0 Å². The van der Waals surface area contributed by atoms with E-state index in [1.54, 1.807) is 12.2 Å². The molecule has 1 amide bonds. The second-order valence-electron chi connectivity index (χ2n) is 5.65. The van der Waals surface area contributed by atoms with Crippen LogP contribution in [0, 0.1) is 0 Å². The van der Waals surface area contributed by atoms with E-state index in [4.69, 9.17) is 9.47 Å². The van der Waals surface area contributed by atoms with Gasteiger partial charge in [0.2, 0.25) is 6.79 Å². The lowest BCUT2D eigenvalue weighted by atomic mass is 10.2. The molecular formula is C20H16N2O3S. The summed E-state index contributed by atoms with van der Waals surface area (Å²) >= 11 is 1.49. The van der Waals surface area contributed by atoms with Crippen molar-refractivity contribution in [1.29, 1.82) is 0 Å². The molecule has 0 unspecified atom stereocenters. The van der Waals surface area contributed by atoms with Crippen LogP contribution in [0.5, 0.6) is 11.5 Å². The number of fused-ring (bicyclic) bond motifs is 2. The molecule has 26 heavy (non-hydrogen) atoms. The molecule has 6 heteroatoms. The normalized spacial score (nSPS) is 13.6. The van der Waals surface area contributed by atoms with E-state index in [2.05, 4.69) is 11.6 Å². The van der Waals surface area contributed by atoms with Gasteiger partial charge < -0.3 is 14.0 Å². The number of benzene rings is 2. The van der Waals surface area contributed by atoms with Crippen LogP contribution in [-0.4, -0.2) is 17.3 Å². The number of carbonyl (C=O) groups is 1. The third-order valence-corrected chi connectivity index (χ3v) is 4.98. The van der Waals surface area contributed by atoms with Gasteiger partial charge in [0.25, 0.3) is 5.91 Å². The average molecular weight is 364 g/mol. The topological polar surface area (TPSA) is 52.8 Å². The third kappa shape index (κ3) is 3.19. The predicted octanol–water partition coefficient (Wildman–Crippen LogP) is 3.76. The highest BCUT2D eigenvalue weighted by Crippen LogP contribution is 2.32. The first-order chi connectivity index (χ1) is 12.7. The number of aromatic nitrogens is 1. The molecule has 0 radical (unpaired) electrons. The molecule has 0 bridgehead atoms. The van der Waals surface area contributed by atoms with E-state index >= 15 is 0 Å². The first-order valence-electron chi connectivity index (χ1n) is 8.10. The van der Waals surface area contributed by atoms with Crippen molar-refractivity contribution in [3.05, 3.63) is 71.6 Å². The molecule has 0 N–H and O–H groups in total. The molecule has 5 nitrogen and oxygen atoms in total. The van der Waals surface area contributed by atoms with E-state index in [0.717, 1.165) is 15.8 Å². The van der Waals surface area contributed by atoms with Crippen molar-refractivity contribution in [3.8, 4) is 11.5 Å². The Balaban J connectivity index is 1.63. The van der Waals surface area contributed by atoms with Crippen molar-refractivity contribution in [2.45, 2.75) is 6.54 Å². The summed E-state index contributed by atoms with van der Waals surface area (Å²) < 4.78 is 13.7. The van der Waals surface area contributed by atoms with Gasteiger partial charge in [-0.2, -0.15) is 4.99 Å². The zero-order chi connectivity index (χ0) is 17.9. The van der Waals surface area contributed by atoms with Gasteiger partial charge in [0.1, 0.15) is 0 Å².